The number of alkyl halides is 1. The van der Waals surface area contributed by atoms with Crippen molar-refractivity contribution in [1.82, 2.24) is 0 Å². The standard InChI is InChI=1S/C11H14BrNO2/c1-2-15-10-5-3-4-8(11(10)13)6-9(14)7-12/h3-5H,2,6-7,13H2,1H3. The number of carbonyl (C=O) groups excluding carboxylic acids is 1. The number of hydrogen-bond acceptors (Lipinski definition) is 3. The molecule has 0 aliphatic carbocycles. The van der Waals surface area contributed by atoms with Crippen LogP contribution < -0.4 is 10.5 Å². The molecule has 4 heteroatoms. The van der Waals surface area contributed by atoms with E-state index in [4.69, 9.17) is 10.5 Å². The minimum Gasteiger partial charge on any atom is -0.492 e. The summed E-state index contributed by atoms with van der Waals surface area (Å²) in [6.07, 6.45) is 0.345. The van der Waals surface area contributed by atoms with Gasteiger partial charge in [0.1, 0.15) is 11.5 Å². The van der Waals surface area contributed by atoms with Crippen LogP contribution >= 0.6 is 15.9 Å². The molecule has 0 atom stereocenters. The molecule has 0 amide bonds. The molecule has 0 bridgehead atoms. The first-order chi connectivity index (χ1) is 7.19. The molecule has 1 aromatic rings. The molecule has 0 saturated carbocycles. The van der Waals surface area contributed by atoms with Crippen molar-refractivity contribution in [3.63, 3.8) is 0 Å². The molecule has 0 aliphatic heterocycles. The van der Waals surface area contributed by atoms with Gasteiger partial charge in [-0.3, -0.25) is 4.79 Å². The highest BCUT2D eigenvalue weighted by Crippen LogP contribution is 2.25. The Morgan fingerprint density at radius 2 is 2.27 bits per heavy atom. The second-order valence-corrected chi connectivity index (χ2v) is 3.67. The summed E-state index contributed by atoms with van der Waals surface area (Å²) in [5.41, 5.74) is 7.27. The van der Waals surface area contributed by atoms with Crippen LogP contribution in [0.15, 0.2) is 18.2 Å². The average Bonchev–Trinajstić information content (AvgIpc) is 2.24. The van der Waals surface area contributed by atoms with Crippen molar-refractivity contribution in [3.8, 4) is 5.75 Å². The number of rotatable bonds is 5. The highest BCUT2D eigenvalue weighted by Gasteiger charge is 2.08. The van der Waals surface area contributed by atoms with Crippen LogP contribution in [0.4, 0.5) is 5.69 Å². The summed E-state index contributed by atoms with van der Waals surface area (Å²) in [4.78, 5) is 11.3. The summed E-state index contributed by atoms with van der Waals surface area (Å²) in [5.74, 6) is 0.757. The van der Waals surface area contributed by atoms with Crippen molar-refractivity contribution < 1.29 is 9.53 Å². The lowest BCUT2D eigenvalue weighted by Gasteiger charge is -2.10. The minimum atomic E-state index is 0.107. The third kappa shape index (κ3) is 3.23. The van der Waals surface area contributed by atoms with Crippen molar-refractivity contribution in [3.05, 3.63) is 23.8 Å². The van der Waals surface area contributed by atoms with Gasteiger partial charge in [-0.05, 0) is 18.6 Å². The Bertz CT molecular complexity index is 352. The maximum atomic E-state index is 11.3. The van der Waals surface area contributed by atoms with Gasteiger partial charge in [-0.1, -0.05) is 28.1 Å². The van der Waals surface area contributed by atoms with Crippen LogP contribution in [0.1, 0.15) is 12.5 Å². The topological polar surface area (TPSA) is 52.3 Å². The predicted octanol–water partition coefficient (Wildman–Crippen LogP) is 2.17. The first-order valence-corrected chi connectivity index (χ1v) is 5.89. The minimum absolute atomic E-state index is 0.107. The van der Waals surface area contributed by atoms with Gasteiger partial charge in [-0.2, -0.15) is 0 Å². The lowest BCUT2D eigenvalue weighted by atomic mass is 10.1. The zero-order valence-electron chi connectivity index (χ0n) is 8.63. The van der Waals surface area contributed by atoms with E-state index in [0.717, 1.165) is 5.56 Å². The molecule has 1 rings (SSSR count). The van der Waals surface area contributed by atoms with Crippen molar-refractivity contribution in [1.29, 1.82) is 0 Å². The first kappa shape index (κ1) is 12.0. The zero-order chi connectivity index (χ0) is 11.3. The summed E-state index contributed by atoms with van der Waals surface area (Å²) in [7, 11) is 0. The molecule has 0 heterocycles. The van der Waals surface area contributed by atoms with E-state index in [1.165, 1.54) is 0 Å². The molecular weight excluding hydrogens is 258 g/mol. The Morgan fingerprint density at radius 3 is 2.87 bits per heavy atom. The molecule has 82 valence electrons. The Kier molecular flexibility index (Phi) is 4.62. The maximum absolute atomic E-state index is 11.3. The van der Waals surface area contributed by atoms with Gasteiger partial charge >= 0.3 is 0 Å². The van der Waals surface area contributed by atoms with Gasteiger partial charge in [-0.15, -0.1) is 0 Å². The number of para-hydroxylation sites is 1. The number of nitrogens with two attached hydrogens (primary N) is 1. The van der Waals surface area contributed by atoms with Crippen LogP contribution in [-0.4, -0.2) is 17.7 Å². The quantitative estimate of drug-likeness (QED) is 0.660. The summed E-state index contributed by atoms with van der Waals surface area (Å²) in [5, 5.41) is 0.352. The monoisotopic (exact) mass is 271 g/mol. The van der Waals surface area contributed by atoms with E-state index < -0.39 is 0 Å². The first-order valence-electron chi connectivity index (χ1n) is 4.76. The Hall–Kier alpha value is -1.03. The van der Waals surface area contributed by atoms with Gasteiger partial charge in [0.15, 0.2) is 0 Å². The van der Waals surface area contributed by atoms with Crippen LogP contribution in [0.3, 0.4) is 0 Å². The van der Waals surface area contributed by atoms with Crippen molar-refractivity contribution >= 4 is 27.4 Å². The lowest BCUT2D eigenvalue weighted by molar-refractivity contribution is -0.115. The second kappa shape index (κ2) is 5.75. The maximum Gasteiger partial charge on any atom is 0.147 e. The highest BCUT2D eigenvalue weighted by molar-refractivity contribution is 9.09. The van der Waals surface area contributed by atoms with Crippen LogP contribution in [0.25, 0.3) is 0 Å². The van der Waals surface area contributed by atoms with Gasteiger partial charge < -0.3 is 10.5 Å². The molecule has 3 nitrogen and oxygen atoms in total. The molecule has 0 unspecified atom stereocenters. The van der Waals surface area contributed by atoms with Gasteiger partial charge in [0.25, 0.3) is 0 Å². The number of hydrogen-bond donors (Lipinski definition) is 1. The SMILES string of the molecule is CCOc1cccc(CC(=O)CBr)c1N. The fourth-order valence-electron chi connectivity index (χ4n) is 1.28. The smallest absolute Gasteiger partial charge is 0.147 e. The number of Topliss-reactive ketones (excluding diaryl/α,β-unsaturated/α-hetero) is 1. The summed E-state index contributed by atoms with van der Waals surface area (Å²) in [6.45, 7) is 2.47. The van der Waals surface area contributed by atoms with Crippen molar-refractivity contribution in [2.75, 3.05) is 17.7 Å². The number of ether oxygens (including phenoxy) is 1. The number of carbonyl (C=O) groups is 1. The summed E-state index contributed by atoms with van der Waals surface area (Å²) >= 11 is 3.12. The van der Waals surface area contributed by atoms with Crippen molar-refractivity contribution in [2.24, 2.45) is 0 Å². The molecule has 2 N–H and O–H groups in total. The zero-order valence-corrected chi connectivity index (χ0v) is 10.2. The normalized spacial score (nSPS) is 10.0. The van der Waals surface area contributed by atoms with Crippen LogP contribution in [0.5, 0.6) is 5.75 Å². The number of nitrogen functional groups attached to an aromatic ring is 1. The van der Waals surface area contributed by atoms with E-state index in [2.05, 4.69) is 15.9 Å². The Morgan fingerprint density at radius 1 is 1.53 bits per heavy atom. The van der Waals surface area contributed by atoms with E-state index in [0.29, 0.717) is 29.8 Å². The van der Waals surface area contributed by atoms with Gasteiger partial charge in [0, 0.05) is 6.42 Å². The molecule has 0 fully saturated rings. The molecule has 1 aromatic carbocycles. The van der Waals surface area contributed by atoms with E-state index >= 15 is 0 Å². The lowest BCUT2D eigenvalue weighted by Crippen LogP contribution is -2.07. The summed E-state index contributed by atoms with van der Waals surface area (Å²) < 4.78 is 5.34. The van der Waals surface area contributed by atoms with Crippen molar-refractivity contribution in [2.45, 2.75) is 13.3 Å². The number of ketones is 1. The predicted molar refractivity (Wildman–Crippen MR) is 64.5 cm³/mol. The second-order valence-electron chi connectivity index (χ2n) is 3.11. The van der Waals surface area contributed by atoms with Gasteiger partial charge in [0.2, 0.25) is 0 Å². The van der Waals surface area contributed by atoms with Crippen LogP contribution in [0.2, 0.25) is 0 Å². The Balaban J connectivity index is 2.88. The number of anilines is 1. The third-order valence-corrected chi connectivity index (χ3v) is 2.62. The van der Waals surface area contributed by atoms with Gasteiger partial charge in [-0.25, -0.2) is 0 Å². The molecule has 0 radical (unpaired) electrons. The van der Waals surface area contributed by atoms with E-state index in [-0.39, 0.29) is 5.78 Å². The van der Waals surface area contributed by atoms with E-state index in [9.17, 15) is 4.79 Å². The Labute approximate surface area is 97.7 Å². The molecule has 0 aromatic heterocycles. The number of halogens is 1. The average molecular weight is 272 g/mol. The van der Waals surface area contributed by atoms with Crippen LogP contribution in [-0.2, 0) is 11.2 Å². The molecular formula is C11H14BrNO2. The number of benzene rings is 1. The molecule has 0 saturated heterocycles. The highest BCUT2D eigenvalue weighted by atomic mass is 79.9. The largest absolute Gasteiger partial charge is 0.492 e. The molecule has 15 heavy (non-hydrogen) atoms. The molecule has 0 aliphatic rings. The summed E-state index contributed by atoms with van der Waals surface area (Å²) in [6, 6.07) is 5.50. The molecule has 0 spiro atoms. The fraction of sp³-hybridized carbons (Fsp3) is 0.364. The fourth-order valence-corrected chi connectivity index (χ4v) is 1.48. The van der Waals surface area contributed by atoms with E-state index in [1.807, 2.05) is 19.1 Å². The van der Waals surface area contributed by atoms with Crippen LogP contribution in [0, 0.1) is 0 Å². The van der Waals surface area contributed by atoms with Gasteiger partial charge in [0.05, 0.1) is 17.6 Å². The van der Waals surface area contributed by atoms with E-state index in [1.54, 1.807) is 6.07 Å². The third-order valence-electron chi connectivity index (χ3n) is 1.99.